The lowest BCUT2D eigenvalue weighted by Crippen LogP contribution is -2.41. The first kappa shape index (κ1) is 82.6. The third-order valence-electron chi connectivity index (χ3n) is 16.7. The molecule has 9 N–H and O–H groups in total. The minimum atomic E-state index is -0.611. The molecule has 0 bridgehead atoms. The van der Waals surface area contributed by atoms with E-state index in [4.69, 9.17) is 55.8 Å². The zero-order chi connectivity index (χ0) is 78.3. The average molecular weight is 1480 g/mol. The van der Waals surface area contributed by atoms with Crippen LogP contribution in [0.3, 0.4) is 0 Å². The summed E-state index contributed by atoms with van der Waals surface area (Å²) in [5, 5.41) is 15.8. The van der Waals surface area contributed by atoms with Crippen molar-refractivity contribution in [3.05, 3.63) is 295 Å². The van der Waals surface area contributed by atoms with Gasteiger partial charge in [0, 0.05) is 60.8 Å². The lowest BCUT2D eigenvalue weighted by Gasteiger charge is -2.20. The van der Waals surface area contributed by atoms with Crippen molar-refractivity contribution >= 4 is 18.1 Å². The Morgan fingerprint density at radius 2 is 0.685 bits per heavy atom. The summed E-state index contributed by atoms with van der Waals surface area (Å²) in [6.07, 6.45) is 5.88. The molecule has 0 radical (unpaired) electrons. The van der Waals surface area contributed by atoms with E-state index in [1.807, 2.05) is 121 Å². The summed E-state index contributed by atoms with van der Waals surface area (Å²) in [6.45, 7) is 8.02. The second-order valence-corrected chi connectivity index (χ2v) is 25.5. The molecule has 4 aromatic heterocycles. The molecular formula is C79H96N14O15. The van der Waals surface area contributed by atoms with Gasteiger partial charge in [0.05, 0.1) is 81.9 Å². The normalized spacial score (nSPS) is 10.7. The minimum Gasteiger partial charge on any atom is -0.497 e. The number of nitrogen functional groups attached to an aromatic ring is 1. The van der Waals surface area contributed by atoms with Gasteiger partial charge < -0.3 is 61.0 Å². The van der Waals surface area contributed by atoms with Crippen molar-refractivity contribution in [2.75, 3.05) is 62.3 Å². The molecule has 10 aromatic rings. The van der Waals surface area contributed by atoms with Gasteiger partial charge in [0.15, 0.2) is 0 Å². The van der Waals surface area contributed by atoms with Crippen LogP contribution in [0, 0.1) is 5.41 Å². The van der Waals surface area contributed by atoms with Gasteiger partial charge >= 0.3 is 29.2 Å². The number of rotatable bonds is 29. The molecule has 4 heterocycles. The Hall–Kier alpha value is -12.7. The summed E-state index contributed by atoms with van der Waals surface area (Å²) in [5.41, 5.74) is 20.1. The van der Waals surface area contributed by atoms with Gasteiger partial charge in [-0.15, -0.1) is 0 Å². The number of hydrogen-bond donors (Lipinski definition) is 6. The number of aryl methyl sites for hydroxylation is 3. The number of amides is 3. The number of ether oxygens (including phenoxy) is 7. The number of urea groups is 1. The van der Waals surface area contributed by atoms with Crippen LogP contribution in [-0.4, -0.2) is 123 Å². The number of nitrogens with zero attached hydrogens (tertiary/aromatic N) is 8. The molecule has 6 aromatic carbocycles. The Labute approximate surface area is 624 Å². The Morgan fingerprint density at radius 3 is 0.907 bits per heavy atom. The number of carbonyl (C=O) groups is 2. The van der Waals surface area contributed by atoms with Crippen molar-refractivity contribution < 1.29 is 42.7 Å². The summed E-state index contributed by atoms with van der Waals surface area (Å²) >= 11 is 0. The molecule has 0 aliphatic carbocycles. The standard InChI is InChI=1S/C28H35N3O6.C24H28N4O5.C23H27N3O4.C4H6N4/c1-28(2,3)37-26(33)29-16-6-7-22-17-25(32)31(19-21-10-14-24(36-5)15-11-21)27(34)30(22)18-20-8-12-23(35-4)13-9-20;1-32-20-9-5-17(6-10-20)15-27-19(4-3-13-26-23(25)30)14-22(29)28(24(27)31)16-18-7-11-21(33-2)12-8-18;1-29-20-9-5-17(6-10-20)15-25-19(4-3-13-24)14-22(27)26(23(25)28)16-18-7-11-21(30-2)12-8-18;5-4(6)8-3-1-2-7-8/h8-15,17H,6-7,16,18-19H2,1-5H3,(H,29,33);5-12,14H,3-4,13,15-16H2,1-2H3,(H3,25,26,30);5-12,14H,3-4,13,15-16,24H2,1-2H3;1-3H,(H3,5,6). The molecular weight excluding hydrogens is 1380 g/mol. The summed E-state index contributed by atoms with van der Waals surface area (Å²) in [5.74, 6) is 4.24. The molecule has 572 valence electrons. The fourth-order valence-electron chi connectivity index (χ4n) is 11.0. The van der Waals surface area contributed by atoms with E-state index in [0.717, 1.165) is 44.9 Å². The second-order valence-electron chi connectivity index (χ2n) is 25.5. The maximum Gasteiger partial charge on any atom is 0.407 e. The molecule has 108 heavy (non-hydrogen) atoms. The number of benzene rings is 6. The first-order valence-corrected chi connectivity index (χ1v) is 34.7. The number of hydrogen-bond acceptors (Lipinski definition) is 18. The van der Waals surface area contributed by atoms with Gasteiger partial charge in [0.1, 0.15) is 40.1 Å². The maximum absolute atomic E-state index is 13.5. The number of aromatic nitrogens is 8. The predicted octanol–water partition coefficient (Wildman–Crippen LogP) is 6.95. The summed E-state index contributed by atoms with van der Waals surface area (Å²) < 4.78 is 46.3. The first-order valence-electron chi connectivity index (χ1n) is 34.7. The van der Waals surface area contributed by atoms with Gasteiger partial charge in [0.2, 0.25) is 5.96 Å². The third kappa shape index (κ3) is 25.3. The van der Waals surface area contributed by atoms with E-state index in [1.54, 1.807) is 126 Å². The summed E-state index contributed by atoms with van der Waals surface area (Å²) in [4.78, 5) is 102. The molecule has 0 aliphatic rings. The van der Waals surface area contributed by atoms with Gasteiger partial charge in [-0.1, -0.05) is 72.8 Å². The molecule has 0 spiro atoms. The van der Waals surface area contributed by atoms with Crippen LogP contribution in [0.4, 0.5) is 9.59 Å². The van der Waals surface area contributed by atoms with Crippen LogP contribution >= 0.6 is 0 Å². The lowest BCUT2D eigenvalue weighted by atomic mass is 10.1. The molecule has 0 aliphatic heterocycles. The molecule has 0 atom stereocenters. The van der Waals surface area contributed by atoms with Crippen LogP contribution < -0.4 is 90.0 Å². The molecule has 0 saturated heterocycles. The Balaban J connectivity index is 0.000000215. The summed E-state index contributed by atoms with van der Waals surface area (Å²) in [7, 11) is 9.55. The largest absolute Gasteiger partial charge is 0.497 e. The van der Waals surface area contributed by atoms with Gasteiger partial charge in [0.25, 0.3) is 16.7 Å². The zero-order valence-corrected chi connectivity index (χ0v) is 62.4. The molecule has 29 heteroatoms. The van der Waals surface area contributed by atoms with E-state index in [1.165, 1.54) is 30.5 Å². The van der Waals surface area contributed by atoms with Crippen molar-refractivity contribution in [2.45, 2.75) is 104 Å². The van der Waals surface area contributed by atoms with Crippen molar-refractivity contribution in [1.29, 1.82) is 5.41 Å². The predicted molar refractivity (Wildman–Crippen MR) is 413 cm³/mol. The van der Waals surface area contributed by atoms with Crippen LogP contribution in [-0.2, 0) is 63.3 Å². The van der Waals surface area contributed by atoms with E-state index in [9.17, 15) is 38.4 Å². The highest BCUT2D eigenvalue weighted by Crippen LogP contribution is 2.19. The van der Waals surface area contributed by atoms with Crippen molar-refractivity contribution in [3.63, 3.8) is 0 Å². The Bertz CT molecular complexity index is 4910. The number of nitrogens with one attached hydrogen (secondary N) is 3. The monoisotopic (exact) mass is 1480 g/mol. The van der Waals surface area contributed by atoms with Gasteiger partial charge in [-0.05, 0) is 178 Å². The lowest BCUT2D eigenvalue weighted by molar-refractivity contribution is 0.0527. The van der Waals surface area contributed by atoms with Gasteiger partial charge in [-0.2, -0.15) is 5.10 Å². The smallest absolute Gasteiger partial charge is 0.407 e. The highest BCUT2D eigenvalue weighted by atomic mass is 16.6. The number of nitrogens with two attached hydrogens (primary N) is 3. The SMILES string of the molecule is COc1ccc(Cn2c(CCCN)cc(=O)n(Cc3ccc(OC)cc3)c2=O)cc1.COc1ccc(Cn2c(CCCNC(=O)OC(C)(C)C)cc(=O)n(Cc3ccc(OC)cc3)c2=O)cc1.COc1ccc(Cn2c(CCCNC(N)=O)cc(=O)n(Cc3ccc(OC)cc3)c2=O)cc1.N=C(N)n1cccn1. The third-order valence-corrected chi connectivity index (χ3v) is 16.7. The Kier molecular flexibility index (Phi) is 31.5. The highest BCUT2D eigenvalue weighted by molar-refractivity contribution is 5.75. The fourth-order valence-corrected chi connectivity index (χ4v) is 11.0. The quantitative estimate of drug-likeness (QED) is 0.0157. The van der Waals surface area contributed by atoms with E-state index in [0.29, 0.717) is 118 Å². The average Bonchev–Trinajstić information content (AvgIpc) is 0.838. The van der Waals surface area contributed by atoms with E-state index in [-0.39, 0.29) is 48.0 Å². The van der Waals surface area contributed by atoms with Crippen LogP contribution in [0.25, 0.3) is 0 Å². The number of methoxy groups -OCH3 is 6. The second kappa shape index (κ2) is 41.1. The molecule has 0 saturated carbocycles. The zero-order valence-electron chi connectivity index (χ0n) is 62.4. The molecule has 3 amide bonds. The number of primary amides is 1. The molecule has 0 fully saturated rings. The van der Waals surface area contributed by atoms with Crippen LogP contribution in [0.2, 0.25) is 0 Å². The van der Waals surface area contributed by atoms with Gasteiger partial charge in [-0.3, -0.25) is 47.2 Å². The van der Waals surface area contributed by atoms with Crippen molar-refractivity contribution in [2.24, 2.45) is 17.2 Å². The molecule has 29 nitrogen and oxygen atoms in total. The van der Waals surface area contributed by atoms with Crippen molar-refractivity contribution in [1.82, 2.24) is 47.8 Å². The summed E-state index contributed by atoms with van der Waals surface area (Å²) in [6, 6.07) is 49.8. The van der Waals surface area contributed by atoms with Crippen LogP contribution in [0.1, 0.15) is 90.5 Å². The highest BCUT2D eigenvalue weighted by Gasteiger charge is 2.19. The topological polar surface area (TPSA) is 375 Å². The number of alkyl carbamates (subject to hydrolysis) is 1. The molecule has 0 unspecified atom stereocenters. The van der Waals surface area contributed by atoms with Crippen LogP contribution in [0.15, 0.2) is 211 Å². The van der Waals surface area contributed by atoms with Crippen molar-refractivity contribution in [3.8, 4) is 34.5 Å². The maximum atomic E-state index is 13.5. The fraction of sp³-hybridized carbons (Fsp3) is 0.316. The van der Waals surface area contributed by atoms with E-state index >= 15 is 0 Å². The van der Waals surface area contributed by atoms with E-state index in [2.05, 4.69) is 15.7 Å². The minimum absolute atomic E-state index is 0.0602. The van der Waals surface area contributed by atoms with Crippen LogP contribution in [0.5, 0.6) is 34.5 Å². The Morgan fingerprint density at radius 1 is 0.417 bits per heavy atom. The first-order chi connectivity index (χ1) is 51.8. The molecule has 10 rings (SSSR count). The van der Waals surface area contributed by atoms with E-state index < -0.39 is 29.1 Å². The number of carbonyl (C=O) groups excluding carboxylic acids is 2. The van der Waals surface area contributed by atoms with Gasteiger partial charge in [-0.25, -0.2) is 28.7 Å².